The molecule has 4 rings (SSSR count). The van der Waals surface area contributed by atoms with Gasteiger partial charge in [-0.05, 0) is 37.0 Å². The molecule has 1 aliphatic carbocycles. The van der Waals surface area contributed by atoms with Crippen molar-refractivity contribution >= 4 is 22.5 Å². The first kappa shape index (κ1) is 16.8. The van der Waals surface area contributed by atoms with Crippen LogP contribution in [0.1, 0.15) is 31.9 Å². The molecule has 0 radical (unpaired) electrons. The lowest BCUT2D eigenvalue weighted by atomic mass is 9.80. The smallest absolute Gasteiger partial charge is 0.134 e. The maximum Gasteiger partial charge on any atom is 0.134 e. The van der Waals surface area contributed by atoms with Crippen molar-refractivity contribution in [2.75, 3.05) is 23.7 Å². The van der Waals surface area contributed by atoms with Gasteiger partial charge in [-0.25, -0.2) is 15.0 Å². The molecule has 2 aliphatic rings. The van der Waals surface area contributed by atoms with Gasteiger partial charge in [0.2, 0.25) is 0 Å². The number of allylic oxidation sites excluding steroid dienone is 3. The molecule has 7 heteroatoms. The predicted octanol–water partition coefficient (Wildman–Crippen LogP) is 2.30. The topological polar surface area (TPSA) is 108 Å². The van der Waals surface area contributed by atoms with Crippen molar-refractivity contribution in [2.24, 2.45) is 5.92 Å². The van der Waals surface area contributed by atoms with Crippen LogP contribution in [0.5, 0.6) is 0 Å². The summed E-state index contributed by atoms with van der Waals surface area (Å²) in [6, 6.07) is 1.90. The largest absolute Gasteiger partial charge is 0.508 e. The van der Waals surface area contributed by atoms with Crippen LogP contribution in [0, 0.1) is 5.92 Å². The number of pyridine rings is 1. The summed E-state index contributed by atoms with van der Waals surface area (Å²) in [6.07, 6.45) is 5.55. The predicted molar refractivity (Wildman–Crippen MR) is 101 cm³/mol. The van der Waals surface area contributed by atoms with Gasteiger partial charge in [0.05, 0.1) is 17.3 Å². The number of β-amino-alcohol motifs (C(OH)–C–C–N with tert-alkyl or cyclic N) is 1. The highest BCUT2D eigenvalue weighted by Crippen LogP contribution is 2.40. The summed E-state index contributed by atoms with van der Waals surface area (Å²) < 4.78 is 0. The minimum atomic E-state index is -0.345. The first-order chi connectivity index (χ1) is 12.5. The van der Waals surface area contributed by atoms with Gasteiger partial charge in [0, 0.05) is 24.4 Å². The molecule has 0 amide bonds. The van der Waals surface area contributed by atoms with E-state index in [9.17, 15) is 10.2 Å². The lowest BCUT2D eigenvalue weighted by molar-refractivity contribution is 0.198. The second-order valence-corrected chi connectivity index (χ2v) is 7.17. The minimum absolute atomic E-state index is 0.0933. The van der Waals surface area contributed by atoms with Crippen LogP contribution in [0.25, 0.3) is 10.9 Å². The molecule has 3 atom stereocenters. The Morgan fingerprint density at radius 3 is 2.85 bits per heavy atom. The van der Waals surface area contributed by atoms with Crippen molar-refractivity contribution in [3.8, 4) is 0 Å². The van der Waals surface area contributed by atoms with Crippen LogP contribution in [0.3, 0.4) is 0 Å². The number of hydrogen-bond acceptors (Lipinski definition) is 7. The van der Waals surface area contributed by atoms with Crippen LogP contribution < -0.4 is 10.6 Å². The number of nitrogen functional groups attached to an aromatic ring is 1. The van der Waals surface area contributed by atoms with Gasteiger partial charge in [-0.1, -0.05) is 13.0 Å². The molecule has 1 saturated heterocycles. The molecule has 1 aliphatic heterocycles. The SMILES string of the molecule is CC1=C(O)C=C[C@@H](C)C1c1nc(N2CC[C@@H](O)C2)cc2c(N)ncnc12. The maximum atomic E-state index is 10.2. The fraction of sp³-hybridized carbons (Fsp3) is 0.421. The van der Waals surface area contributed by atoms with E-state index < -0.39 is 0 Å². The number of aromatic nitrogens is 3. The summed E-state index contributed by atoms with van der Waals surface area (Å²) in [5.74, 6) is 1.51. The number of nitrogens with zero attached hydrogens (tertiary/aromatic N) is 4. The molecule has 1 unspecified atom stereocenters. The third-order valence-corrected chi connectivity index (χ3v) is 5.40. The standard InChI is InChI=1S/C19H23N5O2/c1-10-3-4-14(26)11(2)16(10)18-17-13(19(20)22-9-21-17)7-15(23-18)24-6-5-12(25)8-24/h3-4,7,9-10,12,16,25-26H,5-6,8H2,1-2H3,(H2,20,21,22)/t10-,12-,16?/m1/s1. The Bertz CT molecular complexity index is 924. The summed E-state index contributed by atoms with van der Waals surface area (Å²) in [7, 11) is 0. The highest BCUT2D eigenvalue weighted by Gasteiger charge is 2.30. The fourth-order valence-electron chi connectivity index (χ4n) is 3.92. The van der Waals surface area contributed by atoms with Gasteiger partial charge < -0.3 is 20.8 Å². The van der Waals surface area contributed by atoms with Crippen molar-refractivity contribution < 1.29 is 10.2 Å². The third kappa shape index (κ3) is 2.68. The number of hydrogen-bond donors (Lipinski definition) is 3. The van der Waals surface area contributed by atoms with Crippen LogP contribution in [-0.2, 0) is 0 Å². The van der Waals surface area contributed by atoms with E-state index in [2.05, 4.69) is 21.8 Å². The van der Waals surface area contributed by atoms with Crippen LogP contribution in [0.2, 0.25) is 0 Å². The van der Waals surface area contributed by atoms with Crippen molar-refractivity contribution in [1.82, 2.24) is 15.0 Å². The van der Waals surface area contributed by atoms with Gasteiger partial charge in [-0.2, -0.15) is 0 Å². The summed E-state index contributed by atoms with van der Waals surface area (Å²) in [4.78, 5) is 15.5. The Balaban J connectivity index is 1.93. The Hall–Kier alpha value is -2.67. The van der Waals surface area contributed by atoms with E-state index in [1.54, 1.807) is 6.08 Å². The average Bonchev–Trinajstić information content (AvgIpc) is 3.05. The van der Waals surface area contributed by atoms with E-state index in [4.69, 9.17) is 10.7 Å². The molecular formula is C19H23N5O2. The number of anilines is 2. The minimum Gasteiger partial charge on any atom is -0.508 e. The van der Waals surface area contributed by atoms with Gasteiger partial charge in [-0.15, -0.1) is 0 Å². The van der Waals surface area contributed by atoms with Crippen LogP contribution >= 0.6 is 0 Å². The average molecular weight is 353 g/mol. The van der Waals surface area contributed by atoms with Crippen molar-refractivity contribution in [2.45, 2.75) is 32.3 Å². The summed E-state index contributed by atoms with van der Waals surface area (Å²) in [5.41, 5.74) is 8.48. The molecule has 0 aromatic carbocycles. The highest BCUT2D eigenvalue weighted by atomic mass is 16.3. The van der Waals surface area contributed by atoms with E-state index in [1.165, 1.54) is 6.33 Å². The lowest BCUT2D eigenvalue weighted by Crippen LogP contribution is -2.24. The number of fused-ring (bicyclic) bond motifs is 1. The Kier molecular flexibility index (Phi) is 4.03. The van der Waals surface area contributed by atoms with Gasteiger partial charge in [-0.3, -0.25) is 0 Å². The molecule has 7 nitrogen and oxygen atoms in total. The van der Waals surface area contributed by atoms with E-state index >= 15 is 0 Å². The molecule has 3 heterocycles. The van der Waals surface area contributed by atoms with E-state index in [0.29, 0.717) is 17.9 Å². The highest BCUT2D eigenvalue weighted by molar-refractivity contribution is 5.92. The molecule has 4 N–H and O–H groups in total. The molecule has 136 valence electrons. The Morgan fingerprint density at radius 2 is 2.12 bits per heavy atom. The molecule has 0 saturated carbocycles. The van der Waals surface area contributed by atoms with Gasteiger partial charge in [0.1, 0.15) is 23.7 Å². The first-order valence-electron chi connectivity index (χ1n) is 8.87. The molecular weight excluding hydrogens is 330 g/mol. The molecule has 0 bridgehead atoms. The van der Waals surface area contributed by atoms with Gasteiger partial charge >= 0.3 is 0 Å². The molecule has 1 fully saturated rings. The lowest BCUT2D eigenvalue weighted by Gasteiger charge is -2.28. The maximum absolute atomic E-state index is 10.2. The van der Waals surface area contributed by atoms with E-state index in [1.807, 2.05) is 19.1 Å². The monoisotopic (exact) mass is 353 g/mol. The quantitative estimate of drug-likeness (QED) is 0.760. The zero-order chi connectivity index (χ0) is 18.4. The third-order valence-electron chi connectivity index (χ3n) is 5.40. The number of aliphatic hydroxyl groups excluding tert-OH is 2. The molecule has 2 aromatic heterocycles. The summed E-state index contributed by atoms with van der Waals surface area (Å²) in [6.45, 7) is 5.31. The summed E-state index contributed by atoms with van der Waals surface area (Å²) in [5, 5.41) is 20.9. The molecule has 2 aromatic rings. The summed E-state index contributed by atoms with van der Waals surface area (Å²) >= 11 is 0. The zero-order valence-electron chi connectivity index (χ0n) is 14.9. The number of aliphatic hydroxyl groups is 2. The van der Waals surface area contributed by atoms with Crippen molar-refractivity contribution in [3.05, 3.63) is 41.6 Å². The van der Waals surface area contributed by atoms with Crippen LogP contribution in [-0.4, -0.2) is 44.4 Å². The fourth-order valence-corrected chi connectivity index (χ4v) is 3.92. The first-order valence-corrected chi connectivity index (χ1v) is 8.87. The second-order valence-electron chi connectivity index (χ2n) is 7.17. The van der Waals surface area contributed by atoms with Gasteiger partial charge in [0.15, 0.2) is 0 Å². The van der Waals surface area contributed by atoms with Crippen LogP contribution in [0.4, 0.5) is 11.6 Å². The van der Waals surface area contributed by atoms with Crippen molar-refractivity contribution in [3.63, 3.8) is 0 Å². The van der Waals surface area contributed by atoms with E-state index in [0.717, 1.165) is 35.4 Å². The molecule has 0 spiro atoms. The Morgan fingerprint density at radius 1 is 1.31 bits per heavy atom. The number of nitrogens with two attached hydrogens (primary N) is 1. The van der Waals surface area contributed by atoms with Crippen molar-refractivity contribution in [1.29, 1.82) is 0 Å². The second kappa shape index (κ2) is 6.25. The van der Waals surface area contributed by atoms with Gasteiger partial charge in [0.25, 0.3) is 0 Å². The molecule has 26 heavy (non-hydrogen) atoms. The normalized spacial score (nSPS) is 26.1. The zero-order valence-corrected chi connectivity index (χ0v) is 14.9. The Labute approximate surface area is 151 Å². The van der Waals surface area contributed by atoms with Crippen LogP contribution in [0.15, 0.2) is 35.9 Å². The van der Waals surface area contributed by atoms with E-state index in [-0.39, 0.29) is 23.7 Å². The number of rotatable bonds is 2.